The molecule has 0 spiro atoms. The molecule has 1 aromatic carbocycles. The number of aryl methyl sites for hydroxylation is 1. The van der Waals surface area contributed by atoms with E-state index in [-0.39, 0.29) is 11.5 Å². The van der Waals surface area contributed by atoms with E-state index in [0.717, 1.165) is 5.56 Å². The monoisotopic (exact) mass is 208 g/mol. The number of phenols is 1. The van der Waals surface area contributed by atoms with E-state index < -0.39 is 0 Å². The highest BCUT2D eigenvalue weighted by Crippen LogP contribution is 2.28. The minimum Gasteiger partial charge on any atom is -0.507 e. The Bertz CT molecular complexity index is 386. The lowest BCUT2D eigenvalue weighted by atomic mass is 10.1. The molecule has 15 heavy (non-hydrogen) atoms. The topological polar surface area (TPSA) is 52.6 Å². The van der Waals surface area contributed by atoms with E-state index in [1.807, 2.05) is 27.1 Å². The van der Waals surface area contributed by atoms with Crippen molar-refractivity contribution in [3.63, 3.8) is 0 Å². The number of hydrazine groups is 1. The van der Waals surface area contributed by atoms with Crippen LogP contribution in [0.4, 0.5) is 5.69 Å². The van der Waals surface area contributed by atoms with Gasteiger partial charge >= 0.3 is 0 Å². The van der Waals surface area contributed by atoms with Crippen molar-refractivity contribution < 1.29 is 9.90 Å². The molecule has 1 rings (SSSR count). The standard InChI is InChI=1S/C11H16N2O2/c1-7-5-9(12-13(3)4)11(8(2)14)10(15)6-7/h5-6,12,15H,1-4H3. The van der Waals surface area contributed by atoms with Gasteiger partial charge in [0.05, 0.1) is 11.3 Å². The average Bonchev–Trinajstić information content (AvgIpc) is 1.99. The summed E-state index contributed by atoms with van der Waals surface area (Å²) in [5.74, 6) is -0.135. The number of nitrogens with one attached hydrogen (secondary N) is 1. The van der Waals surface area contributed by atoms with Gasteiger partial charge in [0.2, 0.25) is 0 Å². The molecule has 0 saturated carbocycles. The number of anilines is 1. The number of Topliss-reactive ketones (excluding diaryl/α,β-unsaturated/α-hetero) is 1. The van der Waals surface area contributed by atoms with Gasteiger partial charge in [0, 0.05) is 14.1 Å². The van der Waals surface area contributed by atoms with E-state index in [2.05, 4.69) is 5.43 Å². The number of carbonyl (C=O) groups is 1. The van der Waals surface area contributed by atoms with Gasteiger partial charge in [0.1, 0.15) is 5.75 Å². The van der Waals surface area contributed by atoms with Crippen LogP contribution in [0.15, 0.2) is 12.1 Å². The van der Waals surface area contributed by atoms with Crippen molar-refractivity contribution in [2.75, 3.05) is 19.5 Å². The fraction of sp³-hybridized carbons (Fsp3) is 0.364. The Kier molecular flexibility index (Phi) is 3.31. The lowest BCUT2D eigenvalue weighted by Crippen LogP contribution is -2.21. The molecule has 0 aliphatic rings. The number of hydrogen-bond acceptors (Lipinski definition) is 4. The molecule has 0 heterocycles. The Balaban J connectivity index is 3.27. The third-order valence-electron chi connectivity index (χ3n) is 1.96. The highest BCUT2D eigenvalue weighted by atomic mass is 16.3. The van der Waals surface area contributed by atoms with Crippen molar-refractivity contribution in [2.45, 2.75) is 13.8 Å². The zero-order valence-electron chi connectivity index (χ0n) is 9.46. The first-order valence-electron chi connectivity index (χ1n) is 4.70. The van der Waals surface area contributed by atoms with Gasteiger partial charge in [0.25, 0.3) is 0 Å². The van der Waals surface area contributed by atoms with Crippen LogP contribution in [0.25, 0.3) is 0 Å². The largest absolute Gasteiger partial charge is 0.507 e. The summed E-state index contributed by atoms with van der Waals surface area (Å²) in [6.45, 7) is 3.30. The number of hydrogen-bond donors (Lipinski definition) is 2. The molecule has 0 aliphatic heterocycles. The number of benzene rings is 1. The van der Waals surface area contributed by atoms with Crippen molar-refractivity contribution >= 4 is 11.5 Å². The third kappa shape index (κ3) is 2.70. The molecule has 0 radical (unpaired) electrons. The highest BCUT2D eigenvalue weighted by molar-refractivity contribution is 6.02. The molecule has 0 amide bonds. The fourth-order valence-electron chi connectivity index (χ4n) is 1.47. The maximum atomic E-state index is 11.4. The van der Waals surface area contributed by atoms with Gasteiger partial charge < -0.3 is 10.5 Å². The predicted molar refractivity (Wildman–Crippen MR) is 60.2 cm³/mol. The van der Waals surface area contributed by atoms with Crippen molar-refractivity contribution in [1.82, 2.24) is 5.01 Å². The summed E-state index contributed by atoms with van der Waals surface area (Å²) in [7, 11) is 3.65. The summed E-state index contributed by atoms with van der Waals surface area (Å²) in [6, 6.07) is 3.41. The van der Waals surface area contributed by atoms with E-state index >= 15 is 0 Å². The highest BCUT2D eigenvalue weighted by Gasteiger charge is 2.13. The second-order valence-corrected chi connectivity index (χ2v) is 3.77. The number of nitrogens with zero attached hydrogens (tertiary/aromatic N) is 1. The minimum absolute atomic E-state index is 0.0202. The first-order chi connectivity index (χ1) is 6.91. The smallest absolute Gasteiger partial charge is 0.165 e. The Morgan fingerprint density at radius 2 is 2.00 bits per heavy atom. The number of aromatic hydroxyl groups is 1. The second kappa shape index (κ2) is 4.31. The number of rotatable bonds is 3. The summed E-state index contributed by atoms with van der Waals surface area (Å²) in [4.78, 5) is 11.4. The van der Waals surface area contributed by atoms with E-state index in [9.17, 15) is 9.90 Å². The summed E-state index contributed by atoms with van der Waals surface area (Å²) < 4.78 is 0. The van der Waals surface area contributed by atoms with Gasteiger partial charge in [0.15, 0.2) is 5.78 Å². The molecular weight excluding hydrogens is 192 g/mol. The lowest BCUT2D eigenvalue weighted by molar-refractivity contribution is 0.101. The molecule has 0 atom stereocenters. The zero-order valence-corrected chi connectivity index (χ0v) is 9.46. The summed E-state index contributed by atoms with van der Waals surface area (Å²) in [5, 5.41) is 11.4. The second-order valence-electron chi connectivity index (χ2n) is 3.77. The predicted octanol–water partition coefficient (Wildman–Crippen LogP) is 1.79. The normalized spacial score (nSPS) is 10.5. The van der Waals surface area contributed by atoms with Crippen molar-refractivity contribution in [2.24, 2.45) is 0 Å². The van der Waals surface area contributed by atoms with Crippen LogP contribution in [-0.4, -0.2) is 30.0 Å². The lowest BCUT2D eigenvalue weighted by Gasteiger charge is -2.17. The molecule has 0 aromatic heterocycles. The van der Waals surface area contributed by atoms with E-state index in [1.165, 1.54) is 6.92 Å². The number of carbonyl (C=O) groups excluding carboxylic acids is 1. The van der Waals surface area contributed by atoms with Gasteiger partial charge in [-0.05, 0) is 31.5 Å². The Labute approximate surface area is 89.5 Å². The fourth-order valence-corrected chi connectivity index (χ4v) is 1.47. The first-order valence-corrected chi connectivity index (χ1v) is 4.70. The molecule has 0 saturated heterocycles. The molecule has 0 fully saturated rings. The van der Waals surface area contributed by atoms with Crippen LogP contribution in [0.2, 0.25) is 0 Å². The molecule has 0 bridgehead atoms. The quantitative estimate of drug-likeness (QED) is 0.587. The van der Waals surface area contributed by atoms with Crippen LogP contribution in [-0.2, 0) is 0 Å². The Hall–Kier alpha value is -1.55. The van der Waals surface area contributed by atoms with Crippen molar-refractivity contribution in [1.29, 1.82) is 0 Å². The molecular formula is C11H16N2O2. The van der Waals surface area contributed by atoms with Gasteiger partial charge in [-0.1, -0.05) is 0 Å². The van der Waals surface area contributed by atoms with Crippen LogP contribution in [0.1, 0.15) is 22.8 Å². The van der Waals surface area contributed by atoms with Crippen LogP contribution >= 0.6 is 0 Å². The Morgan fingerprint density at radius 1 is 1.40 bits per heavy atom. The van der Waals surface area contributed by atoms with Crippen LogP contribution in [0.3, 0.4) is 0 Å². The molecule has 0 unspecified atom stereocenters. The molecule has 4 heteroatoms. The van der Waals surface area contributed by atoms with E-state index in [1.54, 1.807) is 11.1 Å². The maximum absolute atomic E-state index is 11.4. The average molecular weight is 208 g/mol. The summed E-state index contributed by atoms with van der Waals surface area (Å²) in [6.07, 6.45) is 0. The van der Waals surface area contributed by atoms with E-state index in [4.69, 9.17) is 0 Å². The molecule has 0 aliphatic carbocycles. The molecule has 1 aromatic rings. The Morgan fingerprint density at radius 3 is 2.47 bits per heavy atom. The summed E-state index contributed by atoms with van der Waals surface area (Å²) >= 11 is 0. The van der Waals surface area contributed by atoms with Gasteiger partial charge in [-0.2, -0.15) is 0 Å². The third-order valence-corrected chi connectivity index (χ3v) is 1.96. The maximum Gasteiger partial charge on any atom is 0.165 e. The van der Waals surface area contributed by atoms with E-state index in [0.29, 0.717) is 11.3 Å². The summed E-state index contributed by atoms with van der Waals surface area (Å²) in [5.41, 5.74) is 4.85. The van der Waals surface area contributed by atoms with Gasteiger partial charge in [-0.3, -0.25) is 4.79 Å². The number of ketones is 1. The molecule has 4 nitrogen and oxygen atoms in total. The zero-order chi connectivity index (χ0) is 11.6. The first kappa shape index (κ1) is 11.5. The molecule has 2 N–H and O–H groups in total. The van der Waals surface area contributed by atoms with Crippen molar-refractivity contribution in [3.8, 4) is 5.75 Å². The minimum atomic E-state index is -0.156. The molecule has 82 valence electrons. The number of phenolic OH excluding ortho intramolecular Hbond substituents is 1. The van der Waals surface area contributed by atoms with Gasteiger partial charge in [-0.15, -0.1) is 0 Å². The van der Waals surface area contributed by atoms with Crippen LogP contribution in [0, 0.1) is 6.92 Å². The van der Waals surface area contributed by atoms with Gasteiger partial charge in [-0.25, -0.2) is 5.01 Å². The SMILES string of the molecule is CC(=O)c1c(O)cc(C)cc1NN(C)C. The van der Waals surface area contributed by atoms with Crippen LogP contribution in [0.5, 0.6) is 5.75 Å². The van der Waals surface area contributed by atoms with Crippen LogP contribution < -0.4 is 5.43 Å². The van der Waals surface area contributed by atoms with Crippen molar-refractivity contribution in [3.05, 3.63) is 23.3 Å².